The number of fused-ring (bicyclic) bond motifs is 1. The van der Waals surface area contributed by atoms with E-state index in [1.807, 2.05) is 6.92 Å². The molecular weight excluding hydrogens is 332 g/mol. The molecule has 1 aliphatic heterocycles. The molecule has 3 heterocycles. The second-order valence-corrected chi connectivity index (χ2v) is 8.19. The minimum atomic E-state index is 0.0567. The van der Waals surface area contributed by atoms with Crippen molar-refractivity contribution in [1.29, 1.82) is 0 Å². The van der Waals surface area contributed by atoms with Gasteiger partial charge >= 0.3 is 0 Å². The zero-order valence-electron chi connectivity index (χ0n) is 14.9. The minimum Gasteiger partial charge on any atom is -0.492 e. The maximum Gasteiger partial charge on any atom is 0.230 e. The lowest BCUT2D eigenvalue weighted by molar-refractivity contribution is 0.157. The molecule has 132 valence electrons. The Hall–Kier alpha value is -1.92. The first-order valence-corrected chi connectivity index (χ1v) is 9.70. The first-order chi connectivity index (χ1) is 12.0. The molecule has 0 spiro atoms. The van der Waals surface area contributed by atoms with E-state index in [-0.39, 0.29) is 11.9 Å². The number of aryl methyl sites for hydroxylation is 2. The second-order valence-electron chi connectivity index (χ2n) is 7.18. The van der Waals surface area contributed by atoms with Crippen molar-refractivity contribution in [3.63, 3.8) is 0 Å². The highest BCUT2D eigenvalue weighted by Crippen LogP contribution is 2.41. The van der Waals surface area contributed by atoms with E-state index in [9.17, 15) is 5.11 Å². The van der Waals surface area contributed by atoms with Gasteiger partial charge in [-0.2, -0.15) is 4.52 Å². The zero-order valence-corrected chi connectivity index (χ0v) is 15.8. The number of piperidine rings is 1. The van der Waals surface area contributed by atoms with E-state index in [0.29, 0.717) is 5.82 Å². The van der Waals surface area contributed by atoms with Crippen LogP contribution in [0.2, 0.25) is 0 Å². The van der Waals surface area contributed by atoms with Gasteiger partial charge in [-0.05, 0) is 51.3 Å². The van der Waals surface area contributed by atoms with Gasteiger partial charge in [0.15, 0.2) is 0 Å². The average molecular weight is 356 g/mol. The Morgan fingerprint density at radius 1 is 1.24 bits per heavy atom. The van der Waals surface area contributed by atoms with Crippen molar-refractivity contribution in [2.24, 2.45) is 5.92 Å². The Morgan fingerprint density at radius 2 is 2.00 bits per heavy atom. The number of rotatable bonds is 3. The topological polar surface area (TPSA) is 53.7 Å². The van der Waals surface area contributed by atoms with Crippen molar-refractivity contribution in [3.8, 4) is 5.88 Å². The van der Waals surface area contributed by atoms with Crippen LogP contribution in [-0.2, 0) is 0 Å². The van der Waals surface area contributed by atoms with Crippen LogP contribution in [0.1, 0.15) is 47.6 Å². The molecule has 0 aliphatic carbocycles. The summed E-state index contributed by atoms with van der Waals surface area (Å²) in [5.74, 6) is 1.69. The lowest BCUT2D eigenvalue weighted by Crippen LogP contribution is -2.36. The number of aromatic nitrogens is 3. The van der Waals surface area contributed by atoms with Crippen LogP contribution in [0.4, 0.5) is 0 Å². The molecule has 0 unspecified atom stereocenters. The van der Waals surface area contributed by atoms with Crippen LogP contribution >= 0.6 is 11.3 Å². The molecular formula is C19H24N4OS. The third-order valence-electron chi connectivity index (χ3n) is 5.10. The summed E-state index contributed by atoms with van der Waals surface area (Å²) < 4.78 is 1.57. The lowest BCUT2D eigenvalue weighted by atomic mass is 9.94. The number of benzene rings is 1. The maximum atomic E-state index is 10.8. The van der Waals surface area contributed by atoms with Gasteiger partial charge in [0, 0.05) is 0 Å². The van der Waals surface area contributed by atoms with Crippen LogP contribution in [0.15, 0.2) is 24.3 Å². The minimum absolute atomic E-state index is 0.0567. The van der Waals surface area contributed by atoms with Gasteiger partial charge in [-0.25, -0.2) is 4.98 Å². The fourth-order valence-electron chi connectivity index (χ4n) is 3.68. The third kappa shape index (κ3) is 3.04. The van der Waals surface area contributed by atoms with Gasteiger partial charge in [0.2, 0.25) is 10.8 Å². The van der Waals surface area contributed by atoms with Gasteiger partial charge in [0.1, 0.15) is 5.82 Å². The summed E-state index contributed by atoms with van der Waals surface area (Å²) in [6, 6.07) is 8.66. The highest BCUT2D eigenvalue weighted by Gasteiger charge is 2.31. The van der Waals surface area contributed by atoms with Gasteiger partial charge in [-0.15, -0.1) is 5.10 Å². The van der Waals surface area contributed by atoms with Crippen LogP contribution in [-0.4, -0.2) is 37.7 Å². The fourth-order valence-corrected chi connectivity index (χ4v) is 4.84. The summed E-state index contributed by atoms with van der Waals surface area (Å²) in [4.78, 5) is 8.63. The quantitative estimate of drug-likeness (QED) is 0.772. The van der Waals surface area contributed by atoms with Crippen LogP contribution in [0.5, 0.6) is 5.88 Å². The van der Waals surface area contributed by atoms with E-state index in [1.165, 1.54) is 24.0 Å². The summed E-state index contributed by atoms with van der Waals surface area (Å²) in [7, 11) is 0. The number of nitrogens with zero attached hydrogens (tertiary/aromatic N) is 4. The normalized spacial score (nSPS) is 18.0. The van der Waals surface area contributed by atoms with Gasteiger partial charge in [-0.1, -0.05) is 48.1 Å². The lowest BCUT2D eigenvalue weighted by Gasteiger charge is -2.36. The smallest absolute Gasteiger partial charge is 0.230 e. The average Bonchev–Trinajstić information content (AvgIpc) is 3.08. The molecule has 0 saturated carbocycles. The van der Waals surface area contributed by atoms with E-state index in [2.05, 4.69) is 53.1 Å². The molecule has 6 heteroatoms. The first-order valence-electron chi connectivity index (χ1n) is 8.88. The summed E-state index contributed by atoms with van der Waals surface area (Å²) >= 11 is 1.55. The van der Waals surface area contributed by atoms with Crippen LogP contribution in [0.25, 0.3) is 4.96 Å². The third-order valence-corrected chi connectivity index (χ3v) is 6.17. The molecule has 0 amide bonds. The highest BCUT2D eigenvalue weighted by atomic mass is 32.1. The van der Waals surface area contributed by atoms with E-state index in [0.717, 1.165) is 28.8 Å². The molecule has 2 aromatic heterocycles. The molecule has 1 aromatic carbocycles. The monoisotopic (exact) mass is 356 g/mol. The van der Waals surface area contributed by atoms with Crippen molar-refractivity contribution >= 4 is 16.3 Å². The molecule has 4 rings (SSSR count). The number of hydrogen-bond acceptors (Lipinski definition) is 5. The number of thiazole rings is 1. The van der Waals surface area contributed by atoms with Crippen molar-refractivity contribution in [2.75, 3.05) is 13.1 Å². The standard InChI is InChI=1S/C19H24N4OS/c1-12-7-9-22(10-8-12)16(15-6-4-5-13(2)11-15)17-18(24)23-19(25-17)20-14(3)21-23/h4-6,11-12,16,24H,7-10H2,1-3H3/t16-/m0/s1. The highest BCUT2D eigenvalue weighted by molar-refractivity contribution is 7.17. The predicted molar refractivity (Wildman–Crippen MR) is 100 cm³/mol. The summed E-state index contributed by atoms with van der Waals surface area (Å²) in [5, 5.41) is 15.2. The predicted octanol–water partition coefficient (Wildman–Crippen LogP) is 3.93. The molecule has 25 heavy (non-hydrogen) atoms. The number of hydrogen-bond donors (Lipinski definition) is 1. The fraction of sp³-hybridized carbons (Fsp3) is 0.474. The zero-order chi connectivity index (χ0) is 17.6. The van der Waals surface area contributed by atoms with E-state index >= 15 is 0 Å². The second kappa shape index (κ2) is 6.42. The summed E-state index contributed by atoms with van der Waals surface area (Å²) in [5.41, 5.74) is 2.47. The van der Waals surface area contributed by atoms with Gasteiger partial charge < -0.3 is 5.11 Å². The Kier molecular flexibility index (Phi) is 4.25. The van der Waals surface area contributed by atoms with Gasteiger partial charge in [-0.3, -0.25) is 4.90 Å². The Balaban J connectivity index is 1.81. The van der Waals surface area contributed by atoms with Crippen LogP contribution in [0.3, 0.4) is 0 Å². The molecule has 1 aliphatic rings. The molecule has 0 radical (unpaired) electrons. The molecule has 0 bridgehead atoms. The van der Waals surface area contributed by atoms with Crippen molar-refractivity contribution in [2.45, 2.75) is 39.7 Å². The molecule has 1 saturated heterocycles. The Morgan fingerprint density at radius 3 is 2.68 bits per heavy atom. The van der Waals surface area contributed by atoms with E-state index < -0.39 is 0 Å². The SMILES string of the molecule is Cc1cccc([C@@H](c2sc3nc(C)nn3c2O)N2CCC(C)CC2)c1. The van der Waals surface area contributed by atoms with Gasteiger partial charge in [0.05, 0.1) is 10.9 Å². The largest absolute Gasteiger partial charge is 0.492 e. The van der Waals surface area contributed by atoms with Crippen LogP contribution in [0, 0.1) is 19.8 Å². The van der Waals surface area contributed by atoms with E-state index in [1.54, 1.807) is 15.9 Å². The number of likely N-dealkylation sites (tertiary alicyclic amines) is 1. The van der Waals surface area contributed by atoms with Gasteiger partial charge in [0.25, 0.3) is 0 Å². The molecule has 1 N–H and O–H groups in total. The summed E-state index contributed by atoms with van der Waals surface area (Å²) in [6.45, 7) is 8.38. The molecule has 1 atom stereocenters. The molecule has 3 aromatic rings. The van der Waals surface area contributed by atoms with Crippen LogP contribution < -0.4 is 0 Å². The van der Waals surface area contributed by atoms with Crippen molar-refractivity contribution < 1.29 is 5.11 Å². The van der Waals surface area contributed by atoms with Crippen molar-refractivity contribution in [1.82, 2.24) is 19.5 Å². The number of aromatic hydroxyl groups is 1. The van der Waals surface area contributed by atoms with Crippen molar-refractivity contribution in [3.05, 3.63) is 46.1 Å². The first kappa shape index (κ1) is 16.5. The maximum absolute atomic E-state index is 10.8. The Labute approximate surface area is 151 Å². The molecule has 5 nitrogen and oxygen atoms in total. The molecule has 1 fully saturated rings. The summed E-state index contributed by atoms with van der Waals surface area (Å²) in [6.07, 6.45) is 2.39. The Bertz CT molecular complexity index is 892. The van der Waals surface area contributed by atoms with E-state index in [4.69, 9.17) is 0 Å².